The molecule has 156 valence electrons. The van der Waals surface area contributed by atoms with E-state index in [1.165, 1.54) is 0 Å². The molecule has 0 bridgehead atoms. The third-order valence-electron chi connectivity index (χ3n) is 4.34. The molecule has 0 spiro atoms. The lowest BCUT2D eigenvalue weighted by atomic mass is 10.2. The van der Waals surface area contributed by atoms with Gasteiger partial charge in [0.25, 0.3) is 0 Å². The molecule has 0 saturated carbocycles. The van der Waals surface area contributed by atoms with Crippen molar-refractivity contribution in [3.8, 4) is 0 Å². The highest BCUT2D eigenvalue weighted by atomic mass is 79.9. The van der Waals surface area contributed by atoms with Crippen LogP contribution in [0, 0.1) is 6.92 Å². The van der Waals surface area contributed by atoms with Crippen molar-refractivity contribution in [3.63, 3.8) is 0 Å². The van der Waals surface area contributed by atoms with Crippen molar-refractivity contribution in [1.82, 2.24) is 4.31 Å². The van der Waals surface area contributed by atoms with Crippen molar-refractivity contribution in [2.24, 2.45) is 0 Å². The number of anilines is 1. The molecule has 0 aliphatic rings. The molecule has 3 rings (SSSR count). The molecule has 8 heteroatoms. The first-order chi connectivity index (χ1) is 14.2. The molecule has 30 heavy (non-hydrogen) atoms. The van der Waals surface area contributed by atoms with Gasteiger partial charge in [-0.05, 0) is 55.0 Å². The van der Waals surface area contributed by atoms with Crippen LogP contribution in [-0.2, 0) is 21.4 Å². The predicted molar refractivity (Wildman–Crippen MR) is 123 cm³/mol. The lowest BCUT2D eigenvalue weighted by molar-refractivity contribution is -0.116. The SMILES string of the molecule is Cc1ccc(S(=O)(=O)N(CC(=O)Nc2cccc(Br)c2)Cc2cccc(Cl)c2)cc1. The third kappa shape index (κ3) is 5.92. The van der Waals surface area contributed by atoms with Crippen molar-refractivity contribution < 1.29 is 13.2 Å². The van der Waals surface area contributed by atoms with E-state index in [4.69, 9.17) is 11.6 Å². The van der Waals surface area contributed by atoms with Gasteiger partial charge in [0.05, 0.1) is 11.4 Å². The smallest absolute Gasteiger partial charge is 0.243 e. The number of amides is 1. The molecule has 3 aromatic rings. The Morgan fingerprint density at radius 3 is 2.40 bits per heavy atom. The lowest BCUT2D eigenvalue weighted by Crippen LogP contribution is -2.37. The Labute approximate surface area is 189 Å². The second-order valence-corrected chi connectivity index (χ2v) is 10.1. The Morgan fingerprint density at radius 2 is 1.73 bits per heavy atom. The van der Waals surface area contributed by atoms with E-state index in [0.29, 0.717) is 16.3 Å². The van der Waals surface area contributed by atoms with Crippen molar-refractivity contribution in [3.05, 3.63) is 93.4 Å². The van der Waals surface area contributed by atoms with Crippen molar-refractivity contribution in [1.29, 1.82) is 0 Å². The summed E-state index contributed by atoms with van der Waals surface area (Å²) >= 11 is 9.41. The van der Waals surface area contributed by atoms with Gasteiger partial charge in [0, 0.05) is 21.7 Å². The molecular formula is C22H20BrClN2O3S. The number of aryl methyl sites for hydroxylation is 1. The fourth-order valence-electron chi connectivity index (χ4n) is 2.85. The van der Waals surface area contributed by atoms with Crippen LogP contribution in [0.2, 0.25) is 5.02 Å². The molecule has 0 aromatic heterocycles. The first-order valence-corrected chi connectivity index (χ1v) is 11.7. The second-order valence-electron chi connectivity index (χ2n) is 6.77. The van der Waals surface area contributed by atoms with Gasteiger partial charge in [-0.15, -0.1) is 0 Å². The van der Waals surface area contributed by atoms with Gasteiger partial charge in [0.2, 0.25) is 15.9 Å². The number of hydrogen-bond acceptors (Lipinski definition) is 3. The fraction of sp³-hybridized carbons (Fsp3) is 0.136. The minimum Gasteiger partial charge on any atom is -0.325 e. The van der Waals surface area contributed by atoms with Gasteiger partial charge in [-0.3, -0.25) is 4.79 Å². The molecule has 0 fully saturated rings. The zero-order valence-corrected chi connectivity index (χ0v) is 19.3. The van der Waals surface area contributed by atoms with E-state index >= 15 is 0 Å². The molecule has 0 unspecified atom stereocenters. The third-order valence-corrected chi connectivity index (χ3v) is 6.87. The molecule has 0 atom stereocenters. The second kappa shape index (κ2) is 9.75. The maximum absolute atomic E-state index is 13.3. The molecule has 1 amide bonds. The molecular weight excluding hydrogens is 488 g/mol. The van der Waals surface area contributed by atoms with E-state index in [1.54, 1.807) is 66.7 Å². The summed E-state index contributed by atoms with van der Waals surface area (Å²) in [5.41, 5.74) is 2.21. The number of sulfonamides is 1. The minimum atomic E-state index is -3.90. The predicted octanol–water partition coefficient (Wildman–Crippen LogP) is 5.24. The first kappa shape index (κ1) is 22.5. The van der Waals surface area contributed by atoms with Crippen LogP contribution in [0.3, 0.4) is 0 Å². The molecule has 0 radical (unpaired) electrons. The summed E-state index contributed by atoms with van der Waals surface area (Å²) in [6.45, 7) is 1.56. The summed E-state index contributed by atoms with van der Waals surface area (Å²) < 4.78 is 28.5. The Hall–Kier alpha value is -2.19. The number of hydrogen-bond donors (Lipinski definition) is 1. The first-order valence-electron chi connectivity index (χ1n) is 9.11. The van der Waals surface area contributed by atoms with Gasteiger partial charge in [-0.2, -0.15) is 4.31 Å². The zero-order valence-electron chi connectivity index (χ0n) is 16.2. The molecule has 0 heterocycles. The highest BCUT2D eigenvalue weighted by Crippen LogP contribution is 2.21. The maximum atomic E-state index is 13.3. The number of benzene rings is 3. The maximum Gasteiger partial charge on any atom is 0.243 e. The summed E-state index contributed by atoms with van der Waals surface area (Å²) in [4.78, 5) is 12.8. The fourth-order valence-corrected chi connectivity index (χ4v) is 4.85. The zero-order chi connectivity index (χ0) is 21.7. The van der Waals surface area contributed by atoms with Gasteiger partial charge >= 0.3 is 0 Å². The van der Waals surface area contributed by atoms with Crippen molar-refractivity contribution in [2.45, 2.75) is 18.4 Å². The standard InChI is InChI=1S/C22H20BrClN2O3S/c1-16-8-10-21(11-9-16)30(28,29)26(14-17-4-2-6-19(24)12-17)15-22(27)25-20-7-3-5-18(23)13-20/h2-13H,14-15H2,1H3,(H,25,27). The summed E-state index contributed by atoms with van der Waals surface area (Å²) in [7, 11) is -3.90. The van der Waals surface area contributed by atoms with Gasteiger partial charge in [0.1, 0.15) is 0 Å². The monoisotopic (exact) mass is 506 g/mol. The normalized spacial score (nSPS) is 11.5. The summed E-state index contributed by atoms with van der Waals surface area (Å²) in [5.74, 6) is -0.439. The summed E-state index contributed by atoms with van der Waals surface area (Å²) in [5, 5.41) is 3.24. The van der Waals surface area contributed by atoms with Gasteiger partial charge in [-0.1, -0.05) is 63.4 Å². The number of carbonyl (C=O) groups is 1. The average Bonchev–Trinajstić information content (AvgIpc) is 2.68. The minimum absolute atomic E-state index is 0.0165. The number of halogens is 2. The topological polar surface area (TPSA) is 66.5 Å². The number of nitrogens with zero attached hydrogens (tertiary/aromatic N) is 1. The largest absolute Gasteiger partial charge is 0.325 e. The molecule has 0 aliphatic heterocycles. The van der Waals surface area contributed by atoms with Crippen LogP contribution in [0.5, 0.6) is 0 Å². The van der Waals surface area contributed by atoms with E-state index in [9.17, 15) is 13.2 Å². The Balaban J connectivity index is 1.88. The van der Waals surface area contributed by atoms with Crippen molar-refractivity contribution in [2.75, 3.05) is 11.9 Å². The van der Waals surface area contributed by atoms with Gasteiger partial charge in [0.15, 0.2) is 0 Å². The quantitative estimate of drug-likeness (QED) is 0.475. The number of carbonyl (C=O) groups excluding carboxylic acids is 1. The number of nitrogens with one attached hydrogen (secondary N) is 1. The van der Waals surface area contributed by atoms with E-state index < -0.39 is 15.9 Å². The van der Waals surface area contributed by atoms with E-state index in [0.717, 1.165) is 14.3 Å². The van der Waals surface area contributed by atoms with Crippen LogP contribution in [0.15, 0.2) is 82.2 Å². The number of rotatable bonds is 7. The van der Waals surface area contributed by atoms with Crippen molar-refractivity contribution >= 4 is 49.1 Å². The van der Waals surface area contributed by atoms with Crippen LogP contribution < -0.4 is 5.32 Å². The Morgan fingerprint density at radius 1 is 1.03 bits per heavy atom. The van der Waals surface area contributed by atoms with Crippen LogP contribution in [0.25, 0.3) is 0 Å². The highest BCUT2D eigenvalue weighted by Gasteiger charge is 2.27. The highest BCUT2D eigenvalue weighted by molar-refractivity contribution is 9.10. The van der Waals surface area contributed by atoms with Crippen LogP contribution in [0.1, 0.15) is 11.1 Å². The van der Waals surface area contributed by atoms with E-state index in [1.807, 2.05) is 13.0 Å². The van der Waals surface area contributed by atoms with Crippen LogP contribution in [0.4, 0.5) is 5.69 Å². The average molecular weight is 508 g/mol. The Bertz CT molecular complexity index is 1150. The molecule has 1 N–H and O–H groups in total. The van der Waals surface area contributed by atoms with Crippen LogP contribution in [-0.4, -0.2) is 25.2 Å². The summed E-state index contributed by atoms with van der Waals surface area (Å²) in [6.07, 6.45) is 0. The van der Waals surface area contributed by atoms with Crippen LogP contribution >= 0.6 is 27.5 Å². The summed E-state index contributed by atoms with van der Waals surface area (Å²) in [6, 6.07) is 20.6. The molecule has 0 saturated heterocycles. The van der Waals surface area contributed by atoms with Gasteiger partial charge in [-0.25, -0.2) is 8.42 Å². The lowest BCUT2D eigenvalue weighted by Gasteiger charge is -2.22. The van der Waals surface area contributed by atoms with E-state index in [-0.39, 0.29) is 18.0 Å². The Kier molecular flexibility index (Phi) is 7.31. The van der Waals surface area contributed by atoms with E-state index in [2.05, 4.69) is 21.2 Å². The molecule has 3 aromatic carbocycles. The molecule has 0 aliphatic carbocycles. The van der Waals surface area contributed by atoms with Gasteiger partial charge < -0.3 is 5.32 Å². The molecule has 5 nitrogen and oxygen atoms in total.